The summed E-state index contributed by atoms with van der Waals surface area (Å²) in [6, 6.07) is 4.84. The van der Waals surface area contributed by atoms with Gasteiger partial charge in [-0.3, -0.25) is 0 Å². The third-order valence-corrected chi connectivity index (χ3v) is 4.35. The lowest BCUT2D eigenvalue weighted by Crippen LogP contribution is -2.33. The molecular formula is C15H17BrFN3O. The van der Waals surface area contributed by atoms with Gasteiger partial charge in [-0.1, -0.05) is 12.1 Å². The van der Waals surface area contributed by atoms with E-state index in [0.717, 1.165) is 24.4 Å². The third-order valence-electron chi connectivity index (χ3n) is 3.69. The predicted molar refractivity (Wildman–Crippen MR) is 81.3 cm³/mol. The Bertz CT molecular complexity index is 627. The van der Waals surface area contributed by atoms with Gasteiger partial charge in [-0.05, 0) is 59.4 Å². The molecule has 4 nitrogen and oxygen atoms in total. The fourth-order valence-electron chi connectivity index (χ4n) is 2.47. The van der Waals surface area contributed by atoms with E-state index in [2.05, 4.69) is 38.3 Å². The average Bonchev–Trinajstić information content (AvgIpc) is 3.19. The Balaban J connectivity index is 1.76. The minimum Gasteiger partial charge on any atom is -0.339 e. The third kappa shape index (κ3) is 3.49. The van der Waals surface area contributed by atoms with E-state index in [9.17, 15) is 4.39 Å². The summed E-state index contributed by atoms with van der Waals surface area (Å²) < 4.78 is 19.1. The number of nitrogens with one attached hydrogen (secondary N) is 1. The second-order valence-electron chi connectivity index (χ2n) is 5.34. The average molecular weight is 354 g/mol. The second kappa shape index (κ2) is 6.23. The van der Waals surface area contributed by atoms with Gasteiger partial charge >= 0.3 is 0 Å². The Hall–Kier alpha value is -1.27. The van der Waals surface area contributed by atoms with Crippen LogP contribution in [0, 0.1) is 11.7 Å². The Kier molecular flexibility index (Phi) is 4.35. The lowest BCUT2D eigenvalue weighted by atomic mass is 10.1. The zero-order chi connectivity index (χ0) is 14.8. The lowest BCUT2D eigenvalue weighted by Gasteiger charge is -2.14. The van der Waals surface area contributed by atoms with E-state index in [1.165, 1.54) is 25.0 Å². The zero-order valence-electron chi connectivity index (χ0n) is 11.8. The Morgan fingerprint density at radius 1 is 1.48 bits per heavy atom. The number of halogens is 2. The fraction of sp³-hybridized carbons (Fsp3) is 0.467. The van der Waals surface area contributed by atoms with Crippen LogP contribution in [-0.4, -0.2) is 22.7 Å². The maximum Gasteiger partial charge on any atom is 0.228 e. The number of hydrogen-bond donors (Lipinski definition) is 1. The van der Waals surface area contributed by atoms with Gasteiger partial charge in [0.15, 0.2) is 0 Å². The smallest absolute Gasteiger partial charge is 0.228 e. The molecule has 1 N–H and O–H groups in total. The van der Waals surface area contributed by atoms with E-state index in [1.807, 2.05) is 0 Å². The fourth-order valence-corrected chi connectivity index (χ4v) is 3.00. The molecule has 1 aromatic carbocycles. The Labute approximate surface area is 131 Å². The number of hydrogen-bond acceptors (Lipinski definition) is 4. The van der Waals surface area contributed by atoms with Crippen LogP contribution < -0.4 is 5.32 Å². The van der Waals surface area contributed by atoms with Crippen molar-refractivity contribution in [3.8, 4) is 11.4 Å². The number of likely N-dealkylation sites (N-methyl/N-ethyl adjacent to an activating group) is 1. The molecule has 0 amide bonds. The summed E-state index contributed by atoms with van der Waals surface area (Å²) >= 11 is 3.33. The van der Waals surface area contributed by atoms with Gasteiger partial charge in [0.05, 0.1) is 0 Å². The molecule has 1 unspecified atom stereocenters. The zero-order valence-corrected chi connectivity index (χ0v) is 13.4. The molecule has 1 aromatic heterocycles. The topological polar surface area (TPSA) is 51.0 Å². The van der Waals surface area contributed by atoms with Crippen molar-refractivity contribution in [3.63, 3.8) is 0 Å². The minimum absolute atomic E-state index is 0.296. The van der Waals surface area contributed by atoms with Gasteiger partial charge in [0.25, 0.3) is 0 Å². The van der Waals surface area contributed by atoms with E-state index >= 15 is 0 Å². The van der Waals surface area contributed by atoms with E-state index in [0.29, 0.717) is 22.2 Å². The lowest BCUT2D eigenvalue weighted by molar-refractivity contribution is 0.348. The highest BCUT2D eigenvalue weighted by Gasteiger charge is 2.32. The first kappa shape index (κ1) is 14.7. The van der Waals surface area contributed by atoms with Gasteiger partial charge in [-0.25, -0.2) is 4.39 Å². The van der Waals surface area contributed by atoms with Crippen molar-refractivity contribution in [2.45, 2.75) is 32.2 Å². The molecule has 1 heterocycles. The van der Waals surface area contributed by atoms with Crippen LogP contribution in [0.5, 0.6) is 0 Å². The monoisotopic (exact) mass is 353 g/mol. The molecule has 1 aliphatic carbocycles. The minimum atomic E-state index is -0.296. The quantitative estimate of drug-likeness (QED) is 0.862. The highest BCUT2D eigenvalue weighted by Crippen LogP contribution is 2.34. The number of nitrogens with zero attached hydrogens (tertiary/aromatic N) is 2. The first-order valence-corrected chi connectivity index (χ1v) is 7.98. The molecule has 0 bridgehead atoms. The van der Waals surface area contributed by atoms with E-state index in [4.69, 9.17) is 4.52 Å². The van der Waals surface area contributed by atoms with Crippen LogP contribution in [0.3, 0.4) is 0 Å². The van der Waals surface area contributed by atoms with Crippen LogP contribution in [0.15, 0.2) is 27.2 Å². The highest BCUT2D eigenvalue weighted by atomic mass is 79.9. The summed E-state index contributed by atoms with van der Waals surface area (Å²) in [5.41, 5.74) is 0.734. The Morgan fingerprint density at radius 2 is 2.29 bits per heavy atom. The molecule has 3 rings (SSSR count). The van der Waals surface area contributed by atoms with E-state index in [1.54, 1.807) is 6.07 Å². The highest BCUT2D eigenvalue weighted by molar-refractivity contribution is 9.10. The van der Waals surface area contributed by atoms with Crippen LogP contribution in [0.4, 0.5) is 4.39 Å². The predicted octanol–water partition coefficient (Wildman–Crippen LogP) is 3.57. The maximum absolute atomic E-state index is 13.1. The van der Waals surface area contributed by atoms with Crippen molar-refractivity contribution in [2.75, 3.05) is 6.54 Å². The number of rotatable bonds is 6. The second-order valence-corrected chi connectivity index (χ2v) is 6.20. The molecule has 1 saturated carbocycles. The summed E-state index contributed by atoms with van der Waals surface area (Å²) in [7, 11) is 0. The number of benzene rings is 1. The van der Waals surface area contributed by atoms with Crippen molar-refractivity contribution in [1.29, 1.82) is 0 Å². The van der Waals surface area contributed by atoms with Gasteiger partial charge in [0, 0.05) is 22.5 Å². The van der Waals surface area contributed by atoms with Gasteiger partial charge in [-0.2, -0.15) is 4.98 Å². The normalized spacial score (nSPS) is 16.1. The van der Waals surface area contributed by atoms with Crippen LogP contribution in [0.25, 0.3) is 11.4 Å². The largest absolute Gasteiger partial charge is 0.339 e. The molecule has 0 saturated heterocycles. The van der Waals surface area contributed by atoms with Crippen molar-refractivity contribution < 1.29 is 8.91 Å². The van der Waals surface area contributed by atoms with Crippen molar-refractivity contribution in [1.82, 2.24) is 15.5 Å². The standard InChI is InChI=1S/C15H17BrFN3O/c1-2-18-13(9-3-4-9)8-14-19-15(20-21-14)11-6-5-10(17)7-12(11)16/h5-7,9,13,18H,2-4,8H2,1H3. The van der Waals surface area contributed by atoms with E-state index < -0.39 is 0 Å². The van der Waals surface area contributed by atoms with Crippen LogP contribution in [-0.2, 0) is 6.42 Å². The van der Waals surface area contributed by atoms with Gasteiger partial charge in [-0.15, -0.1) is 0 Å². The van der Waals surface area contributed by atoms with Crippen molar-refractivity contribution in [2.24, 2.45) is 5.92 Å². The number of aromatic nitrogens is 2. The van der Waals surface area contributed by atoms with Crippen LogP contribution >= 0.6 is 15.9 Å². The van der Waals surface area contributed by atoms with Crippen LogP contribution in [0.1, 0.15) is 25.7 Å². The van der Waals surface area contributed by atoms with Gasteiger partial charge < -0.3 is 9.84 Å². The van der Waals surface area contributed by atoms with Crippen LogP contribution in [0.2, 0.25) is 0 Å². The summed E-state index contributed by atoms with van der Waals surface area (Å²) in [5.74, 6) is 1.54. The van der Waals surface area contributed by atoms with Crippen molar-refractivity contribution in [3.05, 3.63) is 34.4 Å². The van der Waals surface area contributed by atoms with Crippen molar-refractivity contribution >= 4 is 15.9 Å². The molecule has 1 aliphatic rings. The first-order chi connectivity index (χ1) is 10.2. The molecule has 2 aromatic rings. The summed E-state index contributed by atoms with van der Waals surface area (Å²) in [6.07, 6.45) is 3.27. The molecule has 1 atom stereocenters. The molecule has 0 spiro atoms. The summed E-state index contributed by atoms with van der Waals surface area (Å²) in [6.45, 7) is 3.04. The molecule has 112 valence electrons. The Morgan fingerprint density at radius 3 is 2.95 bits per heavy atom. The molecular weight excluding hydrogens is 337 g/mol. The molecule has 0 aliphatic heterocycles. The van der Waals surface area contributed by atoms with Gasteiger partial charge in [0.2, 0.25) is 11.7 Å². The van der Waals surface area contributed by atoms with E-state index in [-0.39, 0.29) is 5.82 Å². The summed E-state index contributed by atoms with van der Waals surface area (Å²) in [4.78, 5) is 4.43. The molecule has 6 heteroatoms. The molecule has 0 radical (unpaired) electrons. The SMILES string of the molecule is CCNC(Cc1nc(-c2ccc(F)cc2Br)no1)C1CC1. The maximum atomic E-state index is 13.1. The summed E-state index contributed by atoms with van der Waals surface area (Å²) in [5, 5.41) is 7.48. The molecule has 21 heavy (non-hydrogen) atoms. The van der Waals surface area contributed by atoms with Gasteiger partial charge in [0.1, 0.15) is 5.82 Å². The molecule has 1 fully saturated rings. The first-order valence-electron chi connectivity index (χ1n) is 7.18.